The maximum Gasteiger partial charge on any atom is 0.326 e. The van der Waals surface area contributed by atoms with Crippen LogP contribution in [0.3, 0.4) is 0 Å². The quantitative estimate of drug-likeness (QED) is 0.259. The van der Waals surface area contributed by atoms with Crippen molar-refractivity contribution < 1.29 is 19.4 Å². The summed E-state index contributed by atoms with van der Waals surface area (Å²) in [6, 6.07) is 28.8. The van der Waals surface area contributed by atoms with Gasteiger partial charge in [-0.15, -0.1) is 0 Å². The number of imidazole rings is 1. The van der Waals surface area contributed by atoms with Crippen LogP contribution >= 0.6 is 11.6 Å². The lowest BCUT2D eigenvalue weighted by Gasteiger charge is -2.14. The van der Waals surface area contributed by atoms with E-state index in [0.717, 1.165) is 22.4 Å². The number of benzene rings is 3. The fraction of sp³-hybridized carbons (Fsp3) is 0.100. The second-order valence-electron chi connectivity index (χ2n) is 8.76. The highest BCUT2D eigenvalue weighted by Crippen LogP contribution is 2.23. The number of aliphatic carboxylic acids is 1. The summed E-state index contributed by atoms with van der Waals surface area (Å²) in [6.45, 7) is 0.437. The molecule has 1 unspecified atom stereocenters. The third kappa shape index (κ3) is 5.85. The topological polar surface area (TPSA) is 92.9 Å². The molecule has 0 aliphatic rings. The smallest absolute Gasteiger partial charge is 0.326 e. The number of halogens is 1. The monoisotopic (exact) mass is 525 g/mol. The van der Waals surface area contributed by atoms with Crippen molar-refractivity contribution in [2.45, 2.75) is 19.1 Å². The van der Waals surface area contributed by atoms with Gasteiger partial charge in [0.2, 0.25) is 0 Å². The standard InChI is InChI=1S/C30H24ClN3O4/c31-23-13-11-22(12-14-23)27-7-4-8-28-32-26(18-34(27)28)29(35)33-25(30(36)37)17-20-9-15-24(16-10-20)38-19-21-5-2-1-3-6-21/h1-16,18,25H,17,19H2,(H,33,35)(H,36,37). The van der Waals surface area contributed by atoms with Gasteiger partial charge in [-0.25, -0.2) is 9.78 Å². The molecule has 0 aliphatic carbocycles. The molecule has 3 aromatic carbocycles. The summed E-state index contributed by atoms with van der Waals surface area (Å²) in [4.78, 5) is 29.4. The van der Waals surface area contributed by atoms with Gasteiger partial charge in [-0.2, -0.15) is 0 Å². The Bertz CT molecular complexity index is 1570. The highest BCUT2D eigenvalue weighted by molar-refractivity contribution is 6.30. The van der Waals surface area contributed by atoms with Gasteiger partial charge in [0.1, 0.15) is 29.7 Å². The van der Waals surface area contributed by atoms with Crippen LogP contribution < -0.4 is 10.1 Å². The Morgan fingerprint density at radius 1 is 0.895 bits per heavy atom. The van der Waals surface area contributed by atoms with Crippen LogP contribution in [0.15, 0.2) is 103 Å². The Hall–Kier alpha value is -4.62. The Morgan fingerprint density at radius 2 is 1.63 bits per heavy atom. The van der Waals surface area contributed by atoms with E-state index in [1.165, 1.54) is 0 Å². The molecule has 2 aromatic heterocycles. The van der Waals surface area contributed by atoms with Gasteiger partial charge in [0.15, 0.2) is 0 Å². The minimum absolute atomic E-state index is 0.115. The number of nitrogens with zero attached hydrogens (tertiary/aromatic N) is 2. The lowest BCUT2D eigenvalue weighted by molar-refractivity contribution is -0.139. The summed E-state index contributed by atoms with van der Waals surface area (Å²) in [7, 11) is 0. The maximum absolute atomic E-state index is 13.0. The highest BCUT2D eigenvalue weighted by Gasteiger charge is 2.23. The van der Waals surface area contributed by atoms with E-state index in [1.54, 1.807) is 53.1 Å². The molecule has 38 heavy (non-hydrogen) atoms. The maximum atomic E-state index is 13.0. The van der Waals surface area contributed by atoms with Gasteiger partial charge in [-0.3, -0.25) is 9.20 Å². The van der Waals surface area contributed by atoms with Gasteiger partial charge in [0.05, 0.1) is 5.69 Å². The van der Waals surface area contributed by atoms with E-state index in [2.05, 4.69) is 10.3 Å². The largest absolute Gasteiger partial charge is 0.489 e. The second kappa shape index (κ2) is 11.2. The fourth-order valence-corrected chi connectivity index (χ4v) is 4.23. The molecule has 5 rings (SSSR count). The van der Waals surface area contributed by atoms with E-state index in [-0.39, 0.29) is 12.1 Å². The van der Waals surface area contributed by atoms with Crippen LogP contribution in [0.25, 0.3) is 16.9 Å². The molecular weight excluding hydrogens is 502 g/mol. The molecule has 2 heterocycles. The van der Waals surface area contributed by atoms with Crippen LogP contribution in [0.5, 0.6) is 5.75 Å². The number of hydrogen-bond acceptors (Lipinski definition) is 4. The highest BCUT2D eigenvalue weighted by atomic mass is 35.5. The van der Waals surface area contributed by atoms with E-state index in [9.17, 15) is 14.7 Å². The molecule has 0 aliphatic heterocycles. The van der Waals surface area contributed by atoms with E-state index >= 15 is 0 Å². The van der Waals surface area contributed by atoms with E-state index < -0.39 is 17.9 Å². The molecule has 0 fully saturated rings. The molecule has 7 nitrogen and oxygen atoms in total. The number of fused-ring (bicyclic) bond motifs is 1. The first-order valence-corrected chi connectivity index (χ1v) is 12.4. The van der Waals surface area contributed by atoms with Crippen molar-refractivity contribution in [1.82, 2.24) is 14.7 Å². The Morgan fingerprint density at radius 3 is 2.34 bits per heavy atom. The fourth-order valence-electron chi connectivity index (χ4n) is 4.11. The van der Waals surface area contributed by atoms with Crippen molar-refractivity contribution in [3.8, 4) is 17.0 Å². The van der Waals surface area contributed by atoms with Gasteiger partial charge in [-0.05, 0) is 53.1 Å². The average Bonchev–Trinajstić information content (AvgIpc) is 3.38. The lowest BCUT2D eigenvalue weighted by atomic mass is 10.1. The predicted octanol–water partition coefficient (Wildman–Crippen LogP) is 5.66. The number of carboxylic acids is 1. The zero-order valence-corrected chi connectivity index (χ0v) is 21.0. The zero-order chi connectivity index (χ0) is 26.5. The summed E-state index contributed by atoms with van der Waals surface area (Å²) in [5.41, 5.74) is 4.24. The number of hydrogen-bond donors (Lipinski definition) is 2. The van der Waals surface area contributed by atoms with Gasteiger partial charge < -0.3 is 15.2 Å². The zero-order valence-electron chi connectivity index (χ0n) is 20.3. The minimum atomic E-state index is -1.13. The van der Waals surface area contributed by atoms with Gasteiger partial charge in [-0.1, -0.05) is 72.3 Å². The molecular formula is C30H24ClN3O4. The summed E-state index contributed by atoms with van der Waals surface area (Å²) in [5, 5.41) is 13.0. The first kappa shape index (κ1) is 25.0. The Kier molecular flexibility index (Phi) is 7.38. The molecule has 5 aromatic rings. The number of carbonyl (C=O) groups is 2. The van der Waals surface area contributed by atoms with E-state index in [4.69, 9.17) is 16.3 Å². The molecule has 8 heteroatoms. The molecule has 0 saturated carbocycles. The SMILES string of the molecule is O=C(NC(Cc1ccc(OCc2ccccc2)cc1)C(=O)O)c1cn2c(-c3ccc(Cl)cc3)cccc2n1. The molecule has 0 bridgehead atoms. The van der Waals surface area contributed by atoms with Crippen LogP contribution in [-0.2, 0) is 17.8 Å². The van der Waals surface area contributed by atoms with Gasteiger partial charge in [0.25, 0.3) is 5.91 Å². The molecule has 1 atom stereocenters. The summed E-state index contributed by atoms with van der Waals surface area (Å²) in [5.74, 6) is -1.02. The number of rotatable bonds is 9. The van der Waals surface area contributed by atoms with Crippen molar-refractivity contribution in [3.05, 3.63) is 125 Å². The van der Waals surface area contributed by atoms with Crippen molar-refractivity contribution in [2.24, 2.45) is 0 Å². The molecule has 0 saturated heterocycles. The van der Waals surface area contributed by atoms with Crippen LogP contribution in [0.2, 0.25) is 5.02 Å². The number of carboxylic acid groups (broad SMARTS) is 1. The first-order chi connectivity index (χ1) is 18.5. The van der Waals surface area contributed by atoms with Crippen LogP contribution in [0.4, 0.5) is 0 Å². The Balaban J connectivity index is 1.27. The number of nitrogens with one attached hydrogen (secondary N) is 1. The molecule has 0 radical (unpaired) electrons. The van der Waals surface area contributed by atoms with E-state index in [0.29, 0.717) is 23.0 Å². The van der Waals surface area contributed by atoms with Crippen LogP contribution in [-0.4, -0.2) is 32.4 Å². The third-order valence-electron chi connectivity index (χ3n) is 6.08. The second-order valence-corrected chi connectivity index (χ2v) is 9.20. The average molecular weight is 526 g/mol. The summed E-state index contributed by atoms with van der Waals surface area (Å²) < 4.78 is 7.59. The van der Waals surface area contributed by atoms with Crippen LogP contribution in [0.1, 0.15) is 21.6 Å². The van der Waals surface area contributed by atoms with Gasteiger partial charge >= 0.3 is 5.97 Å². The summed E-state index contributed by atoms with van der Waals surface area (Å²) >= 11 is 6.01. The number of aromatic nitrogens is 2. The number of ether oxygens (including phenoxy) is 1. The van der Waals surface area contributed by atoms with Crippen molar-refractivity contribution >= 4 is 29.1 Å². The lowest BCUT2D eigenvalue weighted by Crippen LogP contribution is -2.42. The minimum Gasteiger partial charge on any atom is -0.489 e. The molecule has 1 amide bonds. The van der Waals surface area contributed by atoms with Crippen LogP contribution in [0, 0.1) is 0 Å². The predicted molar refractivity (Wildman–Crippen MR) is 145 cm³/mol. The molecule has 2 N–H and O–H groups in total. The normalized spacial score (nSPS) is 11.7. The first-order valence-electron chi connectivity index (χ1n) is 12.0. The molecule has 0 spiro atoms. The van der Waals surface area contributed by atoms with Crippen molar-refractivity contribution in [3.63, 3.8) is 0 Å². The number of carbonyl (C=O) groups excluding carboxylic acids is 1. The Labute approximate surface area is 224 Å². The summed E-state index contributed by atoms with van der Waals surface area (Å²) in [6.07, 6.45) is 1.72. The van der Waals surface area contributed by atoms with E-state index in [1.807, 2.05) is 54.6 Å². The number of amides is 1. The van der Waals surface area contributed by atoms with Crippen molar-refractivity contribution in [2.75, 3.05) is 0 Å². The molecule has 190 valence electrons. The van der Waals surface area contributed by atoms with Crippen molar-refractivity contribution in [1.29, 1.82) is 0 Å². The third-order valence-corrected chi connectivity index (χ3v) is 6.33. The van der Waals surface area contributed by atoms with Gasteiger partial charge in [0, 0.05) is 17.6 Å². The number of pyridine rings is 1.